The van der Waals surface area contributed by atoms with Crippen molar-refractivity contribution in [3.8, 4) is 5.75 Å². The van der Waals surface area contributed by atoms with Gasteiger partial charge in [0, 0.05) is 12.1 Å². The highest BCUT2D eigenvalue weighted by atomic mass is 16.5. The lowest BCUT2D eigenvalue weighted by Crippen LogP contribution is -2.05. The summed E-state index contributed by atoms with van der Waals surface area (Å²) in [4.78, 5) is 11.5. The van der Waals surface area contributed by atoms with Crippen molar-refractivity contribution in [2.75, 3.05) is 13.7 Å². The molecule has 2 aromatic carbocycles. The maximum Gasteiger partial charge on any atom is 0.309 e. The van der Waals surface area contributed by atoms with Gasteiger partial charge in [-0.1, -0.05) is 36.4 Å². The summed E-state index contributed by atoms with van der Waals surface area (Å²) in [7, 11) is 1.39. The number of rotatable bonds is 3. The van der Waals surface area contributed by atoms with E-state index in [0.29, 0.717) is 13.2 Å². The van der Waals surface area contributed by atoms with Crippen molar-refractivity contribution in [1.82, 2.24) is 0 Å². The third-order valence-corrected chi connectivity index (χ3v) is 3.92. The molecule has 118 valence electrons. The number of esters is 1. The van der Waals surface area contributed by atoms with E-state index < -0.39 is 0 Å². The number of hydrogen-bond donors (Lipinski definition) is 1. The van der Waals surface area contributed by atoms with Gasteiger partial charge < -0.3 is 15.2 Å². The Morgan fingerprint density at radius 1 is 1.26 bits per heavy atom. The van der Waals surface area contributed by atoms with Gasteiger partial charge in [-0.25, -0.2) is 0 Å². The van der Waals surface area contributed by atoms with Crippen LogP contribution in [-0.2, 0) is 22.6 Å². The highest BCUT2D eigenvalue weighted by Crippen LogP contribution is 2.37. The molecule has 0 spiro atoms. The Morgan fingerprint density at radius 2 is 2.09 bits per heavy atom. The Hall–Kier alpha value is -2.59. The Morgan fingerprint density at radius 3 is 2.87 bits per heavy atom. The molecule has 23 heavy (non-hydrogen) atoms. The molecule has 0 unspecified atom stereocenters. The van der Waals surface area contributed by atoms with Crippen LogP contribution in [0.4, 0.5) is 0 Å². The van der Waals surface area contributed by atoms with E-state index in [1.807, 2.05) is 36.4 Å². The van der Waals surface area contributed by atoms with Crippen LogP contribution in [0.25, 0.3) is 5.57 Å². The van der Waals surface area contributed by atoms with Crippen molar-refractivity contribution in [2.45, 2.75) is 13.0 Å². The van der Waals surface area contributed by atoms with Crippen LogP contribution in [0.5, 0.6) is 5.75 Å². The molecule has 0 saturated carbocycles. The van der Waals surface area contributed by atoms with Gasteiger partial charge in [0.05, 0.1) is 13.5 Å². The van der Waals surface area contributed by atoms with Crippen LogP contribution < -0.4 is 10.5 Å². The predicted octanol–water partition coefficient (Wildman–Crippen LogP) is 2.68. The summed E-state index contributed by atoms with van der Waals surface area (Å²) in [6.07, 6.45) is 2.23. The Balaban J connectivity index is 2.10. The van der Waals surface area contributed by atoms with Crippen molar-refractivity contribution in [2.24, 2.45) is 5.73 Å². The van der Waals surface area contributed by atoms with Crippen LogP contribution >= 0.6 is 0 Å². The Bertz CT molecular complexity index is 765. The van der Waals surface area contributed by atoms with Gasteiger partial charge in [0.2, 0.25) is 0 Å². The van der Waals surface area contributed by atoms with Crippen molar-refractivity contribution in [3.05, 3.63) is 70.8 Å². The highest BCUT2D eigenvalue weighted by molar-refractivity contribution is 5.85. The second-order valence-electron chi connectivity index (χ2n) is 5.38. The second kappa shape index (κ2) is 6.67. The van der Waals surface area contributed by atoms with Crippen LogP contribution in [0.3, 0.4) is 0 Å². The fourth-order valence-corrected chi connectivity index (χ4v) is 2.81. The summed E-state index contributed by atoms with van der Waals surface area (Å²) in [6.45, 7) is 0.950. The first-order valence-electron chi connectivity index (χ1n) is 7.54. The minimum Gasteiger partial charge on any atom is -0.488 e. The van der Waals surface area contributed by atoms with Gasteiger partial charge in [0.25, 0.3) is 0 Å². The van der Waals surface area contributed by atoms with E-state index in [4.69, 9.17) is 15.2 Å². The van der Waals surface area contributed by atoms with Gasteiger partial charge in [-0.2, -0.15) is 0 Å². The zero-order valence-electron chi connectivity index (χ0n) is 13.0. The van der Waals surface area contributed by atoms with Gasteiger partial charge >= 0.3 is 5.97 Å². The number of fused-ring (bicyclic) bond motifs is 2. The van der Waals surface area contributed by atoms with E-state index in [1.54, 1.807) is 0 Å². The molecule has 1 aliphatic rings. The zero-order chi connectivity index (χ0) is 16.2. The van der Waals surface area contributed by atoms with Crippen molar-refractivity contribution < 1.29 is 14.3 Å². The monoisotopic (exact) mass is 309 g/mol. The SMILES string of the molecule is COC(=O)Cc1ccc2c(c1)C(=CCN)c1ccccc1CO2. The lowest BCUT2D eigenvalue weighted by Gasteiger charge is -2.12. The lowest BCUT2D eigenvalue weighted by atomic mass is 9.92. The fraction of sp³-hybridized carbons (Fsp3) is 0.211. The van der Waals surface area contributed by atoms with Gasteiger partial charge in [-0.3, -0.25) is 4.79 Å². The minimum atomic E-state index is -0.260. The number of nitrogens with two attached hydrogens (primary N) is 1. The third kappa shape index (κ3) is 3.12. The van der Waals surface area contributed by atoms with Crippen LogP contribution in [-0.4, -0.2) is 19.6 Å². The number of carbonyl (C=O) groups is 1. The number of methoxy groups -OCH3 is 1. The maximum absolute atomic E-state index is 11.5. The molecule has 0 amide bonds. The standard InChI is InChI=1S/C19H19NO3/c1-22-19(21)11-13-6-7-18-17(10-13)16(8-9-20)15-5-3-2-4-14(15)12-23-18/h2-8,10H,9,11-12,20H2,1H3. The van der Waals surface area contributed by atoms with Crippen LogP contribution in [0.15, 0.2) is 48.5 Å². The molecule has 4 nitrogen and oxygen atoms in total. The lowest BCUT2D eigenvalue weighted by molar-refractivity contribution is -0.139. The van der Waals surface area contributed by atoms with E-state index in [2.05, 4.69) is 12.1 Å². The smallest absolute Gasteiger partial charge is 0.309 e. The molecule has 0 radical (unpaired) electrons. The number of carbonyl (C=O) groups excluding carboxylic acids is 1. The highest BCUT2D eigenvalue weighted by Gasteiger charge is 2.19. The maximum atomic E-state index is 11.5. The minimum absolute atomic E-state index is 0.237. The molecule has 1 aliphatic heterocycles. The molecule has 0 aliphatic carbocycles. The van der Waals surface area contributed by atoms with Crippen molar-refractivity contribution in [1.29, 1.82) is 0 Å². The molecule has 4 heteroatoms. The normalized spacial score (nSPS) is 14.4. The zero-order valence-corrected chi connectivity index (χ0v) is 13.0. The summed E-state index contributed by atoms with van der Waals surface area (Å²) < 4.78 is 10.7. The second-order valence-corrected chi connectivity index (χ2v) is 5.38. The van der Waals surface area contributed by atoms with E-state index in [1.165, 1.54) is 7.11 Å². The van der Waals surface area contributed by atoms with E-state index in [-0.39, 0.29) is 12.4 Å². The number of ether oxygens (including phenoxy) is 2. The van der Waals surface area contributed by atoms with Crippen molar-refractivity contribution in [3.63, 3.8) is 0 Å². The Kier molecular flexibility index (Phi) is 4.44. The molecule has 2 N–H and O–H groups in total. The fourth-order valence-electron chi connectivity index (χ4n) is 2.81. The topological polar surface area (TPSA) is 61.5 Å². The molecule has 3 rings (SSSR count). The molecule has 0 aromatic heterocycles. The number of hydrogen-bond acceptors (Lipinski definition) is 4. The van der Waals surface area contributed by atoms with E-state index in [0.717, 1.165) is 33.6 Å². The molecule has 0 bridgehead atoms. The summed E-state index contributed by atoms with van der Waals surface area (Å²) in [5.74, 6) is 0.541. The average molecular weight is 309 g/mol. The summed E-state index contributed by atoms with van der Waals surface area (Å²) >= 11 is 0. The van der Waals surface area contributed by atoms with Crippen LogP contribution in [0.1, 0.15) is 22.3 Å². The van der Waals surface area contributed by atoms with Crippen LogP contribution in [0, 0.1) is 0 Å². The molecular weight excluding hydrogens is 290 g/mol. The van der Waals surface area contributed by atoms with Gasteiger partial charge in [-0.15, -0.1) is 0 Å². The van der Waals surface area contributed by atoms with E-state index in [9.17, 15) is 4.79 Å². The first-order valence-corrected chi connectivity index (χ1v) is 7.54. The molecule has 1 heterocycles. The van der Waals surface area contributed by atoms with E-state index >= 15 is 0 Å². The number of benzene rings is 2. The summed E-state index contributed by atoms with van der Waals surface area (Å²) in [5.41, 5.74) is 10.9. The molecule has 0 saturated heterocycles. The molecule has 2 aromatic rings. The largest absolute Gasteiger partial charge is 0.488 e. The predicted molar refractivity (Wildman–Crippen MR) is 89.1 cm³/mol. The van der Waals surface area contributed by atoms with Gasteiger partial charge in [-0.05, 0) is 34.4 Å². The van der Waals surface area contributed by atoms with Gasteiger partial charge in [0.1, 0.15) is 12.4 Å². The van der Waals surface area contributed by atoms with Crippen molar-refractivity contribution >= 4 is 11.5 Å². The van der Waals surface area contributed by atoms with Gasteiger partial charge in [0.15, 0.2) is 0 Å². The first-order chi connectivity index (χ1) is 11.2. The molecular formula is C19H19NO3. The third-order valence-electron chi connectivity index (χ3n) is 3.92. The quantitative estimate of drug-likeness (QED) is 0.886. The summed E-state index contributed by atoms with van der Waals surface area (Å²) in [5, 5.41) is 0. The molecule has 0 fully saturated rings. The Labute approximate surface area is 135 Å². The average Bonchev–Trinajstić information content (AvgIpc) is 2.73. The molecule has 0 atom stereocenters. The van der Waals surface area contributed by atoms with Crippen LogP contribution in [0.2, 0.25) is 0 Å². The summed E-state index contributed by atoms with van der Waals surface area (Å²) in [6, 6.07) is 13.9. The first kappa shape index (κ1) is 15.3.